The second-order valence-electron chi connectivity index (χ2n) is 8.88. The summed E-state index contributed by atoms with van der Waals surface area (Å²) in [7, 11) is 3.99. The van der Waals surface area contributed by atoms with Crippen LogP contribution < -0.4 is 15.5 Å². The number of fused-ring (bicyclic) bond motifs is 2. The molecule has 1 N–H and O–H groups in total. The zero-order valence-electron chi connectivity index (χ0n) is 18.7. The van der Waals surface area contributed by atoms with Gasteiger partial charge in [0.1, 0.15) is 17.8 Å². The number of likely N-dealkylation sites (N-methyl/N-ethyl adjacent to an activating group) is 1. The summed E-state index contributed by atoms with van der Waals surface area (Å²) in [4.78, 5) is 20.0. The van der Waals surface area contributed by atoms with Crippen LogP contribution in [0.25, 0.3) is 10.9 Å². The maximum absolute atomic E-state index is 13.4. The molecule has 0 saturated heterocycles. The lowest BCUT2D eigenvalue weighted by atomic mass is 10.1. The lowest BCUT2D eigenvalue weighted by Gasteiger charge is -2.27. The Morgan fingerprint density at radius 2 is 2.03 bits per heavy atom. The summed E-state index contributed by atoms with van der Waals surface area (Å²) in [6.07, 6.45) is 9.70. The van der Waals surface area contributed by atoms with Crippen LogP contribution in [0.1, 0.15) is 12.1 Å². The highest BCUT2D eigenvalue weighted by molar-refractivity contribution is 5.87. The molecule has 0 aliphatic heterocycles. The number of rotatable bonds is 7. The van der Waals surface area contributed by atoms with E-state index in [1.165, 1.54) is 0 Å². The SMILES string of the molecule is Cc1cc2c(c(OCCN(C)C)n1)c(=O)cc(Nc1ccccc1)n2C12C=CC=CC1C2. The van der Waals surface area contributed by atoms with E-state index >= 15 is 0 Å². The van der Waals surface area contributed by atoms with Crippen molar-refractivity contribution in [3.8, 4) is 5.88 Å². The number of benzene rings is 1. The van der Waals surface area contributed by atoms with Crippen LogP contribution in [0.3, 0.4) is 0 Å². The zero-order chi connectivity index (χ0) is 22.3. The Bertz CT molecular complexity index is 1280. The van der Waals surface area contributed by atoms with Crippen LogP contribution >= 0.6 is 0 Å². The Kier molecular flexibility index (Phi) is 5.10. The van der Waals surface area contributed by atoms with Crippen molar-refractivity contribution in [2.45, 2.75) is 18.9 Å². The van der Waals surface area contributed by atoms with Gasteiger partial charge >= 0.3 is 0 Å². The maximum Gasteiger partial charge on any atom is 0.227 e. The van der Waals surface area contributed by atoms with Gasteiger partial charge in [0.2, 0.25) is 5.88 Å². The van der Waals surface area contributed by atoms with Gasteiger partial charge in [0.05, 0.1) is 11.1 Å². The van der Waals surface area contributed by atoms with E-state index in [-0.39, 0.29) is 11.0 Å². The number of pyridine rings is 2. The lowest BCUT2D eigenvalue weighted by Crippen LogP contribution is -2.25. The molecular formula is C26H28N4O2. The molecule has 2 aliphatic rings. The topological polar surface area (TPSA) is 59.4 Å². The summed E-state index contributed by atoms with van der Waals surface area (Å²) in [5.74, 6) is 1.60. The van der Waals surface area contributed by atoms with Crippen molar-refractivity contribution in [2.24, 2.45) is 5.92 Å². The van der Waals surface area contributed by atoms with Crippen LogP contribution in [-0.4, -0.2) is 41.7 Å². The fraction of sp³-hybridized carbons (Fsp3) is 0.308. The van der Waals surface area contributed by atoms with Crippen molar-refractivity contribution < 1.29 is 4.74 Å². The number of ether oxygens (including phenoxy) is 1. The second-order valence-corrected chi connectivity index (χ2v) is 8.88. The number of hydrogen-bond donors (Lipinski definition) is 1. The van der Waals surface area contributed by atoms with Crippen molar-refractivity contribution in [3.05, 3.63) is 82.7 Å². The molecule has 3 aromatic rings. The molecule has 1 fully saturated rings. The predicted octanol–water partition coefficient (Wildman–Crippen LogP) is 4.23. The summed E-state index contributed by atoms with van der Waals surface area (Å²) >= 11 is 0. The fourth-order valence-electron chi connectivity index (χ4n) is 4.54. The van der Waals surface area contributed by atoms with Crippen molar-refractivity contribution >= 4 is 22.4 Å². The predicted molar refractivity (Wildman–Crippen MR) is 129 cm³/mol. The minimum Gasteiger partial charge on any atom is -0.476 e. The first-order valence-corrected chi connectivity index (χ1v) is 11.0. The number of nitrogens with zero attached hydrogens (tertiary/aromatic N) is 3. The highest BCUT2D eigenvalue weighted by Gasteiger charge is 2.54. The standard InChI is InChI=1S/C26H28N4O2/c1-18-15-21-24(25(27-18)32-14-13-29(2)3)22(31)16-23(28-20-10-5-4-6-11-20)30(21)26-12-8-7-9-19(26)17-26/h4-12,15-16,19,28H,13-14,17H2,1-3H3. The average Bonchev–Trinajstić information content (AvgIpc) is 3.49. The number of nitrogens with one attached hydrogen (secondary N) is 1. The number of para-hydroxylation sites is 1. The van der Waals surface area contributed by atoms with Crippen LogP contribution in [0.15, 0.2) is 71.6 Å². The number of aryl methyl sites for hydroxylation is 1. The molecule has 6 heteroatoms. The van der Waals surface area contributed by atoms with Gasteiger partial charge in [-0.25, -0.2) is 4.98 Å². The molecule has 0 radical (unpaired) electrons. The first-order chi connectivity index (χ1) is 15.5. The molecular weight excluding hydrogens is 400 g/mol. The highest BCUT2D eigenvalue weighted by atomic mass is 16.5. The van der Waals surface area contributed by atoms with Crippen LogP contribution in [-0.2, 0) is 5.54 Å². The Morgan fingerprint density at radius 1 is 1.22 bits per heavy atom. The molecule has 1 saturated carbocycles. The highest BCUT2D eigenvalue weighted by Crippen LogP contribution is 2.56. The van der Waals surface area contributed by atoms with E-state index in [1.807, 2.05) is 62.3 Å². The van der Waals surface area contributed by atoms with E-state index in [4.69, 9.17) is 4.74 Å². The smallest absolute Gasteiger partial charge is 0.227 e. The molecule has 2 heterocycles. The van der Waals surface area contributed by atoms with Crippen molar-refractivity contribution in [1.29, 1.82) is 0 Å². The van der Waals surface area contributed by atoms with E-state index < -0.39 is 0 Å². The Hall–Kier alpha value is -3.38. The van der Waals surface area contributed by atoms with Crippen molar-refractivity contribution in [1.82, 2.24) is 14.5 Å². The Balaban J connectivity index is 1.71. The third kappa shape index (κ3) is 3.60. The second kappa shape index (κ2) is 7.95. The molecule has 6 nitrogen and oxygen atoms in total. The van der Waals surface area contributed by atoms with Gasteiger partial charge < -0.3 is 19.5 Å². The monoisotopic (exact) mass is 428 g/mol. The number of aromatic nitrogens is 2. The number of allylic oxidation sites excluding steroid dienone is 4. The Morgan fingerprint density at radius 3 is 2.78 bits per heavy atom. The zero-order valence-corrected chi connectivity index (χ0v) is 18.7. The molecule has 0 spiro atoms. The van der Waals surface area contributed by atoms with E-state index in [2.05, 4.69) is 39.2 Å². The summed E-state index contributed by atoms with van der Waals surface area (Å²) < 4.78 is 8.29. The minimum atomic E-state index is -0.188. The number of anilines is 2. The summed E-state index contributed by atoms with van der Waals surface area (Å²) in [6, 6.07) is 13.6. The molecule has 1 aromatic carbocycles. The molecule has 2 aromatic heterocycles. The van der Waals surface area contributed by atoms with E-state index in [1.54, 1.807) is 6.07 Å². The van der Waals surface area contributed by atoms with E-state index in [9.17, 15) is 4.79 Å². The van der Waals surface area contributed by atoms with Gasteiger partial charge in [-0.15, -0.1) is 0 Å². The maximum atomic E-state index is 13.4. The minimum absolute atomic E-state index is 0.0917. The molecule has 2 aliphatic carbocycles. The van der Waals surface area contributed by atoms with Gasteiger partial charge in [0, 0.05) is 29.9 Å². The molecule has 2 unspecified atom stereocenters. The van der Waals surface area contributed by atoms with Gasteiger partial charge in [-0.2, -0.15) is 0 Å². The van der Waals surface area contributed by atoms with Crippen LogP contribution in [0.2, 0.25) is 0 Å². The van der Waals surface area contributed by atoms with Crippen LogP contribution in [0, 0.1) is 12.8 Å². The van der Waals surface area contributed by atoms with E-state index in [0.717, 1.165) is 35.7 Å². The first-order valence-electron chi connectivity index (χ1n) is 11.0. The van der Waals surface area contributed by atoms with E-state index in [0.29, 0.717) is 23.8 Å². The molecule has 5 rings (SSSR count). The summed E-state index contributed by atoms with van der Waals surface area (Å²) in [5, 5.41) is 4.03. The molecule has 164 valence electrons. The molecule has 0 amide bonds. The third-order valence-corrected chi connectivity index (χ3v) is 6.20. The van der Waals surface area contributed by atoms with Crippen LogP contribution in [0.4, 0.5) is 11.5 Å². The van der Waals surface area contributed by atoms with Crippen molar-refractivity contribution in [3.63, 3.8) is 0 Å². The van der Waals surface area contributed by atoms with Gasteiger partial charge in [0.25, 0.3) is 0 Å². The fourth-order valence-corrected chi connectivity index (χ4v) is 4.54. The normalized spacial score (nSPS) is 21.1. The third-order valence-electron chi connectivity index (χ3n) is 6.20. The van der Waals surface area contributed by atoms with Gasteiger partial charge in [-0.05, 0) is 45.6 Å². The number of hydrogen-bond acceptors (Lipinski definition) is 5. The largest absolute Gasteiger partial charge is 0.476 e. The Labute approximate surface area is 187 Å². The van der Waals surface area contributed by atoms with Gasteiger partial charge in [-0.3, -0.25) is 4.79 Å². The van der Waals surface area contributed by atoms with Crippen LogP contribution in [0.5, 0.6) is 5.88 Å². The molecule has 2 atom stereocenters. The average molecular weight is 429 g/mol. The van der Waals surface area contributed by atoms with Gasteiger partial charge in [0.15, 0.2) is 5.43 Å². The molecule has 32 heavy (non-hydrogen) atoms. The summed E-state index contributed by atoms with van der Waals surface area (Å²) in [5.41, 5.74) is 2.34. The van der Waals surface area contributed by atoms with Gasteiger partial charge in [-0.1, -0.05) is 42.5 Å². The first kappa shape index (κ1) is 20.5. The lowest BCUT2D eigenvalue weighted by molar-refractivity contribution is 0.256. The quantitative estimate of drug-likeness (QED) is 0.610. The van der Waals surface area contributed by atoms with Crippen molar-refractivity contribution in [2.75, 3.05) is 32.6 Å². The summed E-state index contributed by atoms with van der Waals surface area (Å²) in [6.45, 7) is 3.17. The molecule has 0 bridgehead atoms.